The van der Waals surface area contributed by atoms with Gasteiger partial charge in [0.25, 0.3) is 0 Å². The third-order valence-electron chi connectivity index (χ3n) is 6.96. The van der Waals surface area contributed by atoms with Crippen molar-refractivity contribution in [3.8, 4) is 11.1 Å². The Balaban J connectivity index is 1.20. The first-order valence-corrected chi connectivity index (χ1v) is 11.3. The Labute approximate surface area is 181 Å². The van der Waals surface area contributed by atoms with E-state index in [0.29, 0.717) is 23.6 Å². The Morgan fingerprint density at radius 1 is 1.29 bits per heavy atom. The number of carbonyl (C=O) groups excluding carboxylic acids is 1. The van der Waals surface area contributed by atoms with E-state index in [1.165, 1.54) is 6.07 Å². The van der Waals surface area contributed by atoms with Crippen LogP contribution in [0.25, 0.3) is 11.1 Å². The predicted octanol–water partition coefficient (Wildman–Crippen LogP) is 2.12. The molecule has 3 aliphatic rings. The van der Waals surface area contributed by atoms with Crippen LogP contribution >= 0.6 is 0 Å². The lowest BCUT2D eigenvalue weighted by Crippen LogP contribution is -2.53. The Morgan fingerprint density at radius 2 is 2.13 bits per heavy atom. The Hall–Kier alpha value is -2.29. The number of ether oxygens (including phenoxy) is 1. The number of nitrogens with two attached hydrogens (primary N) is 1. The second kappa shape index (κ2) is 8.68. The molecule has 31 heavy (non-hydrogen) atoms. The van der Waals surface area contributed by atoms with E-state index in [1.54, 1.807) is 12.3 Å². The Bertz CT molecular complexity index is 942. The minimum Gasteiger partial charge on any atom is -0.381 e. The minimum absolute atomic E-state index is 0.0720. The van der Waals surface area contributed by atoms with Crippen LogP contribution in [0, 0.1) is 11.7 Å². The SMILES string of the molecule is NC(Cc1ccc(-c2cnn(C3CCOCC3)c2)cc1F)NC(=O)C1NC2CCC1C2. The zero-order valence-corrected chi connectivity index (χ0v) is 17.6. The van der Waals surface area contributed by atoms with E-state index in [0.717, 1.165) is 56.4 Å². The maximum atomic E-state index is 14.8. The number of piperidine rings is 1. The number of nitrogens with one attached hydrogen (secondary N) is 2. The molecule has 166 valence electrons. The molecule has 3 fully saturated rings. The molecule has 3 heterocycles. The fourth-order valence-corrected chi connectivity index (χ4v) is 5.24. The lowest BCUT2D eigenvalue weighted by molar-refractivity contribution is -0.124. The van der Waals surface area contributed by atoms with Crippen LogP contribution in [-0.2, 0) is 16.0 Å². The Kier molecular flexibility index (Phi) is 5.77. The quantitative estimate of drug-likeness (QED) is 0.614. The molecule has 0 spiro atoms. The van der Waals surface area contributed by atoms with Crippen LogP contribution in [-0.4, -0.2) is 47.2 Å². The summed E-state index contributed by atoms with van der Waals surface area (Å²) in [5.74, 6) is 0.00610. The highest BCUT2D eigenvalue weighted by Gasteiger charge is 2.42. The van der Waals surface area contributed by atoms with Crippen molar-refractivity contribution in [3.63, 3.8) is 0 Å². The highest BCUT2D eigenvalue weighted by atomic mass is 19.1. The van der Waals surface area contributed by atoms with Crippen molar-refractivity contribution in [3.05, 3.63) is 42.0 Å². The summed E-state index contributed by atoms with van der Waals surface area (Å²) in [5.41, 5.74) is 8.29. The highest BCUT2D eigenvalue weighted by Crippen LogP contribution is 2.35. The van der Waals surface area contributed by atoms with Gasteiger partial charge >= 0.3 is 0 Å². The summed E-state index contributed by atoms with van der Waals surface area (Å²) in [6.45, 7) is 1.50. The first-order chi connectivity index (χ1) is 15.1. The van der Waals surface area contributed by atoms with Crippen molar-refractivity contribution in [2.75, 3.05) is 13.2 Å². The molecule has 2 aliphatic heterocycles. The molecular formula is C23H30FN5O2. The van der Waals surface area contributed by atoms with E-state index >= 15 is 0 Å². The van der Waals surface area contributed by atoms with Gasteiger partial charge < -0.3 is 21.1 Å². The van der Waals surface area contributed by atoms with Gasteiger partial charge in [0.1, 0.15) is 5.82 Å². The van der Waals surface area contributed by atoms with Crippen LogP contribution in [0.1, 0.15) is 43.7 Å². The first-order valence-electron chi connectivity index (χ1n) is 11.3. The lowest BCUT2D eigenvalue weighted by atomic mass is 9.99. The largest absolute Gasteiger partial charge is 0.381 e. The maximum Gasteiger partial charge on any atom is 0.238 e. The smallest absolute Gasteiger partial charge is 0.238 e. The highest BCUT2D eigenvalue weighted by molar-refractivity contribution is 5.83. The van der Waals surface area contributed by atoms with E-state index in [-0.39, 0.29) is 24.2 Å². The molecule has 5 rings (SSSR count). The molecule has 2 bridgehead atoms. The van der Waals surface area contributed by atoms with Crippen molar-refractivity contribution in [1.82, 2.24) is 20.4 Å². The molecule has 1 aromatic heterocycles. The lowest BCUT2D eigenvalue weighted by Gasteiger charge is -2.24. The molecule has 1 aliphatic carbocycles. The number of carbonyl (C=O) groups is 1. The number of benzene rings is 1. The van der Waals surface area contributed by atoms with Crippen LogP contribution < -0.4 is 16.4 Å². The predicted molar refractivity (Wildman–Crippen MR) is 115 cm³/mol. The van der Waals surface area contributed by atoms with Crippen molar-refractivity contribution >= 4 is 5.91 Å². The number of nitrogens with zero attached hydrogens (tertiary/aromatic N) is 2. The number of amides is 1. The molecular weight excluding hydrogens is 397 g/mol. The monoisotopic (exact) mass is 427 g/mol. The second-order valence-corrected chi connectivity index (χ2v) is 9.09. The molecule has 4 N–H and O–H groups in total. The molecule has 1 amide bonds. The molecule has 2 saturated heterocycles. The average molecular weight is 428 g/mol. The van der Waals surface area contributed by atoms with Crippen LogP contribution in [0.3, 0.4) is 0 Å². The molecule has 1 saturated carbocycles. The molecule has 0 radical (unpaired) electrons. The van der Waals surface area contributed by atoms with Gasteiger partial charge in [-0.1, -0.05) is 12.1 Å². The van der Waals surface area contributed by atoms with Crippen molar-refractivity contribution in [1.29, 1.82) is 0 Å². The van der Waals surface area contributed by atoms with E-state index in [2.05, 4.69) is 15.7 Å². The topological polar surface area (TPSA) is 94.2 Å². The number of hydrogen-bond donors (Lipinski definition) is 3. The number of fused-ring (bicyclic) bond motifs is 2. The van der Waals surface area contributed by atoms with Gasteiger partial charge in [-0.2, -0.15) is 5.10 Å². The number of halogens is 1. The summed E-state index contributed by atoms with van der Waals surface area (Å²) in [6.07, 6.45) is 8.56. The van der Waals surface area contributed by atoms with Crippen LogP contribution in [0.4, 0.5) is 4.39 Å². The zero-order chi connectivity index (χ0) is 21.4. The second-order valence-electron chi connectivity index (χ2n) is 9.09. The van der Waals surface area contributed by atoms with Crippen molar-refractivity contribution in [2.45, 2.75) is 62.8 Å². The summed E-state index contributed by atoms with van der Waals surface area (Å²) >= 11 is 0. The van der Waals surface area contributed by atoms with E-state index < -0.39 is 6.17 Å². The number of hydrogen-bond acceptors (Lipinski definition) is 5. The summed E-state index contributed by atoms with van der Waals surface area (Å²) in [4.78, 5) is 12.5. The first kappa shape index (κ1) is 20.6. The molecule has 7 nitrogen and oxygen atoms in total. The molecule has 1 aromatic carbocycles. The van der Waals surface area contributed by atoms with Gasteiger partial charge in [-0.25, -0.2) is 4.39 Å². The van der Waals surface area contributed by atoms with Gasteiger partial charge in [0.2, 0.25) is 5.91 Å². The standard InChI is InChI=1S/C23H30FN5O2/c24-20-10-14(17-12-26-29(13-17)19-5-7-31-8-6-19)1-2-15(20)11-21(25)28-23(30)22-16-3-4-18(9-16)27-22/h1-2,10,12-13,16,18-19,21-22,27H,3-9,11,25H2,(H,28,30). The Morgan fingerprint density at radius 3 is 2.84 bits per heavy atom. The molecule has 2 aromatic rings. The normalized spacial score (nSPS) is 26.8. The van der Waals surface area contributed by atoms with Gasteiger partial charge in [0, 0.05) is 37.4 Å². The zero-order valence-electron chi connectivity index (χ0n) is 17.6. The van der Waals surface area contributed by atoms with Crippen LogP contribution in [0.15, 0.2) is 30.6 Å². The van der Waals surface area contributed by atoms with Crippen molar-refractivity contribution in [2.24, 2.45) is 11.7 Å². The summed E-state index contributed by atoms with van der Waals surface area (Å²) in [5, 5.41) is 10.7. The average Bonchev–Trinajstić information content (AvgIpc) is 3.53. The van der Waals surface area contributed by atoms with Gasteiger partial charge in [0.05, 0.1) is 24.4 Å². The fourth-order valence-electron chi connectivity index (χ4n) is 5.24. The third kappa shape index (κ3) is 4.37. The summed E-state index contributed by atoms with van der Waals surface area (Å²) < 4.78 is 22.2. The van der Waals surface area contributed by atoms with Gasteiger partial charge in [-0.15, -0.1) is 0 Å². The summed E-state index contributed by atoms with van der Waals surface area (Å²) in [7, 11) is 0. The van der Waals surface area contributed by atoms with Crippen molar-refractivity contribution < 1.29 is 13.9 Å². The molecule has 4 unspecified atom stereocenters. The van der Waals surface area contributed by atoms with E-state index in [9.17, 15) is 9.18 Å². The fraction of sp³-hybridized carbons (Fsp3) is 0.565. The minimum atomic E-state index is -0.620. The molecule has 4 atom stereocenters. The van der Waals surface area contributed by atoms with E-state index in [4.69, 9.17) is 10.5 Å². The maximum absolute atomic E-state index is 14.8. The van der Waals surface area contributed by atoms with Crippen LogP contribution in [0.2, 0.25) is 0 Å². The van der Waals surface area contributed by atoms with Gasteiger partial charge in [-0.3, -0.25) is 9.48 Å². The van der Waals surface area contributed by atoms with Crippen LogP contribution in [0.5, 0.6) is 0 Å². The number of aromatic nitrogens is 2. The van der Waals surface area contributed by atoms with Gasteiger partial charge in [0.15, 0.2) is 0 Å². The van der Waals surface area contributed by atoms with E-state index in [1.807, 2.05) is 16.9 Å². The van der Waals surface area contributed by atoms with Gasteiger partial charge in [-0.05, 0) is 55.2 Å². The third-order valence-corrected chi connectivity index (χ3v) is 6.96. The summed E-state index contributed by atoms with van der Waals surface area (Å²) in [6, 6.07) is 5.78. The number of rotatable bonds is 6. The molecule has 8 heteroatoms.